The van der Waals surface area contributed by atoms with Gasteiger partial charge in [-0.1, -0.05) is 6.07 Å². The highest BCUT2D eigenvalue weighted by Gasteiger charge is 2.35. The number of pyridine rings is 2. The van der Waals surface area contributed by atoms with Gasteiger partial charge in [0.05, 0.1) is 25.0 Å². The van der Waals surface area contributed by atoms with Crippen LogP contribution in [0.25, 0.3) is 0 Å². The van der Waals surface area contributed by atoms with Gasteiger partial charge >= 0.3 is 12.0 Å². The van der Waals surface area contributed by atoms with Crippen molar-refractivity contribution in [3.05, 3.63) is 59.7 Å². The van der Waals surface area contributed by atoms with Gasteiger partial charge in [-0.2, -0.15) is 9.97 Å². The molecule has 1 aliphatic carbocycles. The molecule has 0 unspecified atom stereocenters. The number of hydrogen-bond acceptors (Lipinski definition) is 9. The number of anilines is 1. The average Bonchev–Trinajstić information content (AvgIpc) is 3.06. The Morgan fingerprint density at radius 1 is 1.11 bits per heavy atom. The number of carbonyl (C=O) groups is 1. The molecule has 1 saturated carbocycles. The predicted molar refractivity (Wildman–Crippen MR) is 136 cm³/mol. The summed E-state index contributed by atoms with van der Waals surface area (Å²) in [5.41, 5.74) is 3.76. The maximum atomic E-state index is 11.0. The molecule has 3 aromatic rings. The van der Waals surface area contributed by atoms with Gasteiger partial charge in [-0.15, -0.1) is 0 Å². The van der Waals surface area contributed by atoms with Crippen molar-refractivity contribution in [1.82, 2.24) is 19.9 Å². The van der Waals surface area contributed by atoms with Crippen LogP contribution in [0.4, 0.5) is 11.5 Å². The molecule has 0 amide bonds. The van der Waals surface area contributed by atoms with E-state index in [-0.39, 0.29) is 18.3 Å². The van der Waals surface area contributed by atoms with Gasteiger partial charge in [0.1, 0.15) is 12.2 Å². The van der Waals surface area contributed by atoms with Crippen molar-refractivity contribution in [3.8, 4) is 11.9 Å². The number of nitrogens with zero attached hydrogens (tertiary/aromatic N) is 6. The number of carboxylic acid groups (broad SMARTS) is 1. The number of hydrogen-bond donors (Lipinski definition) is 1. The molecule has 1 fully saturated rings. The van der Waals surface area contributed by atoms with Gasteiger partial charge in [0, 0.05) is 36.3 Å². The second-order valence-corrected chi connectivity index (χ2v) is 9.62. The minimum atomic E-state index is -0.703. The van der Waals surface area contributed by atoms with Crippen LogP contribution in [0.15, 0.2) is 47.7 Å². The summed E-state index contributed by atoms with van der Waals surface area (Å²) >= 11 is 0. The Kier molecular flexibility index (Phi) is 6.38. The Morgan fingerprint density at radius 3 is 2.76 bits per heavy atom. The molecule has 0 radical (unpaired) electrons. The monoisotopic (exact) mass is 500 g/mol. The smallest absolute Gasteiger partial charge is 0.321 e. The van der Waals surface area contributed by atoms with Gasteiger partial charge in [-0.25, -0.2) is 4.99 Å². The third-order valence-electron chi connectivity index (χ3n) is 7.21. The van der Waals surface area contributed by atoms with E-state index in [0.717, 1.165) is 54.2 Å². The van der Waals surface area contributed by atoms with Crippen LogP contribution >= 0.6 is 0 Å². The minimum absolute atomic E-state index is 0.255. The van der Waals surface area contributed by atoms with Gasteiger partial charge in [-0.05, 0) is 55.9 Å². The van der Waals surface area contributed by atoms with Crippen LogP contribution in [0.3, 0.4) is 0 Å². The number of aromatic nitrogens is 4. The van der Waals surface area contributed by atoms with Crippen LogP contribution in [-0.4, -0.2) is 56.6 Å². The van der Waals surface area contributed by atoms with E-state index in [2.05, 4.69) is 37.0 Å². The molecule has 2 aliphatic heterocycles. The van der Waals surface area contributed by atoms with Crippen LogP contribution in [-0.2, 0) is 11.2 Å². The lowest BCUT2D eigenvalue weighted by atomic mass is 9.79. The van der Waals surface area contributed by atoms with E-state index in [1.54, 1.807) is 6.20 Å². The highest BCUT2D eigenvalue weighted by molar-refractivity contribution is 6.20. The average molecular weight is 501 g/mol. The van der Waals surface area contributed by atoms with E-state index in [1.807, 2.05) is 24.4 Å². The van der Waals surface area contributed by atoms with E-state index in [0.29, 0.717) is 43.8 Å². The molecule has 1 N–H and O–H groups in total. The molecule has 0 saturated heterocycles. The zero-order chi connectivity index (χ0) is 25.2. The summed E-state index contributed by atoms with van der Waals surface area (Å²) in [4.78, 5) is 35.7. The van der Waals surface area contributed by atoms with Gasteiger partial charge in [0.2, 0.25) is 5.88 Å². The van der Waals surface area contributed by atoms with Gasteiger partial charge in [-0.3, -0.25) is 14.8 Å². The van der Waals surface area contributed by atoms with Crippen molar-refractivity contribution in [2.45, 2.75) is 44.4 Å². The van der Waals surface area contributed by atoms with Crippen molar-refractivity contribution in [2.75, 3.05) is 24.7 Å². The van der Waals surface area contributed by atoms with Gasteiger partial charge in [0.25, 0.3) is 0 Å². The molecule has 0 bridgehead atoms. The van der Waals surface area contributed by atoms with E-state index < -0.39 is 5.97 Å². The molecule has 5 heterocycles. The summed E-state index contributed by atoms with van der Waals surface area (Å²) in [7, 11) is 0. The van der Waals surface area contributed by atoms with Gasteiger partial charge in [0.15, 0.2) is 11.7 Å². The van der Waals surface area contributed by atoms with Crippen LogP contribution < -0.4 is 14.4 Å². The van der Waals surface area contributed by atoms with E-state index in [4.69, 9.17) is 19.6 Å². The molecule has 37 heavy (non-hydrogen) atoms. The number of amidine groups is 1. The fraction of sp³-hybridized carbons (Fsp3) is 0.407. The zero-order valence-corrected chi connectivity index (χ0v) is 20.4. The van der Waals surface area contributed by atoms with Crippen LogP contribution in [0, 0.1) is 5.92 Å². The number of aliphatic carboxylic acids is 1. The first-order chi connectivity index (χ1) is 18.1. The largest absolute Gasteiger partial charge is 0.481 e. The van der Waals surface area contributed by atoms with Crippen LogP contribution in [0.5, 0.6) is 11.9 Å². The van der Waals surface area contributed by atoms with Crippen molar-refractivity contribution < 1.29 is 19.4 Å². The van der Waals surface area contributed by atoms with E-state index in [9.17, 15) is 4.79 Å². The lowest BCUT2D eigenvalue weighted by Gasteiger charge is -2.29. The van der Waals surface area contributed by atoms with E-state index in [1.165, 1.54) is 0 Å². The first-order valence-electron chi connectivity index (χ1n) is 12.8. The fourth-order valence-corrected chi connectivity index (χ4v) is 5.25. The normalized spacial score (nSPS) is 20.1. The Bertz CT molecular complexity index is 1310. The zero-order valence-electron chi connectivity index (χ0n) is 20.4. The highest BCUT2D eigenvalue weighted by atomic mass is 16.5. The highest BCUT2D eigenvalue weighted by Crippen LogP contribution is 2.40. The Morgan fingerprint density at radius 2 is 2.00 bits per heavy atom. The summed E-state index contributed by atoms with van der Waals surface area (Å²) in [6, 6.07) is 10.2. The fourth-order valence-electron chi connectivity index (χ4n) is 5.25. The molecular formula is C27H28N6O4. The topological polar surface area (TPSA) is 123 Å². The van der Waals surface area contributed by atoms with Crippen molar-refractivity contribution in [3.63, 3.8) is 0 Å². The Balaban J connectivity index is 1.11. The van der Waals surface area contributed by atoms with Crippen LogP contribution in [0.2, 0.25) is 0 Å². The third kappa shape index (κ3) is 4.96. The molecule has 6 rings (SSSR count). The molecule has 0 aromatic carbocycles. The van der Waals surface area contributed by atoms with Crippen molar-refractivity contribution in [2.24, 2.45) is 10.9 Å². The molecule has 190 valence electrons. The number of carboxylic acids is 1. The summed E-state index contributed by atoms with van der Waals surface area (Å²) in [6.07, 6.45) is 8.42. The quantitative estimate of drug-likeness (QED) is 0.490. The van der Waals surface area contributed by atoms with E-state index >= 15 is 0 Å². The van der Waals surface area contributed by atoms with Crippen molar-refractivity contribution in [1.29, 1.82) is 0 Å². The molecule has 3 aromatic heterocycles. The van der Waals surface area contributed by atoms with Gasteiger partial charge < -0.3 is 19.5 Å². The molecular weight excluding hydrogens is 472 g/mol. The van der Waals surface area contributed by atoms with Crippen molar-refractivity contribution >= 4 is 23.3 Å². The standard InChI is InChI=1S/C27H28N6O4/c34-22(35)15-17-4-6-18(7-5-17)21-9-8-20(16-29-21)33-12-14-36-26-23-24(30-25(23)33)31-27(32-26)37-13-10-19-3-1-2-11-28-19/h1-3,8-9,11,16-18H,4-7,10,12-15H2,(H,34,35). The molecule has 10 heteroatoms. The second kappa shape index (κ2) is 10.1. The summed E-state index contributed by atoms with van der Waals surface area (Å²) in [6.45, 7) is 1.48. The first kappa shape index (κ1) is 23.3. The Hall–Kier alpha value is -4.08. The summed E-state index contributed by atoms with van der Waals surface area (Å²) < 4.78 is 11.7. The minimum Gasteiger partial charge on any atom is -0.481 e. The Labute approximate surface area is 214 Å². The second-order valence-electron chi connectivity index (χ2n) is 9.62. The van der Waals surface area contributed by atoms with Crippen LogP contribution in [0.1, 0.15) is 55.0 Å². The number of rotatable bonds is 8. The number of aliphatic imine (C=N–C) groups is 1. The maximum Gasteiger partial charge on any atom is 0.321 e. The lowest BCUT2D eigenvalue weighted by Crippen LogP contribution is -2.36. The SMILES string of the molecule is O=C(O)CC1CCC(c2ccc(N3CCOc4nc(OCCc5ccccn5)nc5c4C3=N5)cn2)CC1. The third-order valence-corrected chi connectivity index (χ3v) is 7.21. The predicted octanol–water partition coefficient (Wildman–Crippen LogP) is 3.93. The molecule has 0 spiro atoms. The summed E-state index contributed by atoms with van der Waals surface area (Å²) in [5, 5.41) is 9.05. The molecule has 3 aliphatic rings. The molecule has 0 atom stereocenters. The number of ether oxygens (including phenoxy) is 2. The molecule has 10 nitrogen and oxygen atoms in total. The lowest BCUT2D eigenvalue weighted by molar-refractivity contribution is -0.138. The summed E-state index contributed by atoms with van der Waals surface area (Å²) in [5.74, 6) is 1.81. The maximum absolute atomic E-state index is 11.0. The first-order valence-corrected chi connectivity index (χ1v) is 12.8.